The zero-order chi connectivity index (χ0) is 15.1. The van der Waals surface area contributed by atoms with Gasteiger partial charge in [0, 0.05) is 32.0 Å². The molecule has 1 fully saturated rings. The molecule has 1 saturated heterocycles. The lowest BCUT2D eigenvalue weighted by Gasteiger charge is -2.31. The van der Waals surface area contributed by atoms with E-state index in [1.807, 2.05) is 6.07 Å². The van der Waals surface area contributed by atoms with Gasteiger partial charge in [0.15, 0.2) is 0 Å². The second-order valence-corrected chi connectivity index (χ2v) is 6.16. The van der Waals surface area contributed by atoms with Gasteiger partial charge >= 0.3 is 0 Å². The SMILES string of the molecule is CC(C)CCCNC(=O)C1CCCN(c2ncccn2)C1. The largest absolute Gasteiger partial charge is 0.356 e. The van der Waals surface area contributed by atoms with Crippen molar-refractivity contribution in [3.05, 3.63) is 18.5 Å². The third-order valence-electron chi connectivity index (χ3n) is 3.88. The highest BCUT2D eigenvalue weighted by Gasteiger charge is 2.26. The first-order valence-corrected chi connectivity index (χ1v) is 7.96. The molecule has 5 heteroatoms. The second kappa shape index (κ2) is 7.96. The van der Waals surface area contributed by atoms with E-state index >= 15 is 0 Å². The van der Waals surface area contributed by atoms with Crippen LogP contribution in [0.2, 0.25) is 0 Å². The number of nitrogens with zero attached hydrogens (tertiary/aromatic N) is 3. The minimum Gasteiger partial charge on any atom is -0.356 e. The summed E-state index contributed by atoms with van der Waals surface area (Å²) in [6.45, 7) is 6.86. The molecular weight excluding hydrogens is 264 g/mol. The zero-order valence-electron chi connectivity index (χ0n) is 13.1. The molecule has 116 valence electrons. The summed E-state index contributed by atoms with van der Waals surface area (Å²) < 4.78 is 0. The van der Waals surface area contributed by atoms with Crippen molar-refractivity contribution in [2.45, 2.75) is 39.5 Å². The molecule has 0 saturated carbocycles. The Morgan fingerprint density at radius 1 is 1.43 bits per heavy atom. The van der Waals surface area contributed by atoms with Gasteiger partial charge in [-0.25, -0.2) is 9.97 Å². The molecule has 1 atom stereocenters. The van der Waals surface area contributed by atoms with Gasteiger partial charge in [0.25, 0.3) is 0 Å². The minimum absolute atomic E-state index is 0.0570. The molecule has 1 unspecified atom stereocenters. The highest BCUT2D eigenvalue weighted by atomic mass is 16.1. The maximum atomic E-state index is 12.2. The van der Waals surface area contributed by atoms with E-state index in [0.717, 1.165) is 51.3 Å². The number of rotatable bonds is 6. The van der Waals surface area contributed by atoms with Crippen LogP contribution < -0.4 is 10.2 Å². The van der Waals surface area contributed by atoms with Gasteiger partial charge in [-0.3, -0.25) is 4.79 Å². The highest BCUT2D eigenvalue weighted by molar-refractivity contribution is 5.79. The number of carbonyl (C=O) groups is 1. The zero-order valence-corrected chi connectivity index (χ0v) is 13.1. The molecule has 21 heavy (non-hydrogen) atoms. The number of piperidine rings is 1. The van der Waals surface area contributed by atoms with Gasteiger partial charge in [-0.05, 0) is 37.7 Å². The van der Waals surface area contributed by atoms with Crippen LogP contribution in [0.1, 0.15) is 39.5 Å². The van der Waals surface area contributed by atoms with Gasteiger partial charge in [0.2, 0.25) is 11.9 Å². The molecule has 0 aromatic carbocycles. The summed E-state index contributed by atoms with van der Waals surface area (Å²) in [5, 5.41) is 3.07. The van der Waals surface area contributed by atoms with E-state index < -0.39 is 0 Å². The number of nitrogens with one attached hydrogen (secondary N) is 1. The predicted molar refractivity (Wildman–Crippen MR) is 84.1 cm³/mol. The Kier molecular flexibility index (Phi) is 5.96. The van der Waals surface area contributed by atoms with E-state index in [2.05, 4.69) is 34.0 Å². The van der Waals surface area contributed by atoms with Crippen molar-refractivity contribution in [2.24, 2.45) is 11.8 Å². The average Bonchev–Trinajstić information content (AvgIpc) is 2.52. The fourth-order valence-corrected chi connectivity index (χ4v) is 2.69. The molecule has 1 aliphatic heterocycles. The normalized spacial score (nSPS) is 18.8. The summed E-state index contributed by atoms with van der Waals surface area (Å²) in [6, 6.07) is 1.81. The molecule has 1 N–H and O–H groups in total. The molecule has 0 bridgehead atoms. The summed E-state index contributed by atoms with van der Waals surface area (Å²) in [4.78, 5) is 22.9. The molecule has 0 radical (unpaired) electrons. The Morgan fingerprint density at radius 3 is 2.90 bits per heavy atom. The number of hydrogen-bond acceptors (Lipinski definition) is 4. The van der Waals surface area contributed by atoms with Crippen LogP contribution in [0.3, 0.4) is 0 Å². The van der Waals surface area contributed by atoms with Crippen LogP contribution in [0.4, 0.5) is 5.95 Å². The molecule has 2 heterocycles. The Bertz CT molecular complexity index is 435. The molecule has 0 spiro atoms. The Balaban J connectivity index is 1.79. The Morgan fingerprint density at radius 2 is 2.19 bits per heavy atom. The van der Waals surface area contributed by atoms with Gasteiger partial charge in [0.05, 0.1) is 5.92 Å². The summed E-state index contributed by atoms with van der Waals surface area (Å²) >= 11 is 0. The minimum atomic E-state index is 0.0570. The molecule has 1 amide bonds. The molecule has 0 aliphatic carbocycles. The van der Waals surface area contributed by atoms with E-state index in [1.54, 1.807) is 12.4 Å². The van der Waals surface area contributed by atoms with E-state index in [1.165, 1.54) is 0 Å². The Labute approximate surface area is 127 Å². The topological polar surface area (TPSA) is 58.1 Å². The molecule has 1 aromatic heterocycles. The van der Waals surface area contributed by atoms with Gasteiger partial charge in [0.1, 0.15) is 0 Å². The van der Waals surface area contributed by atoms with Crippen molar-refractivity contribution in [2.75, 3.05) is 24.5 Å². The van der Waals surface area contributed by atoms with Crippen molar-refractivity contribution in [3.63, 3.8) is 0 Å². The summed E-state index contributed by atoms with van der Waals surface area (Å²) in [7, 11) is 0. The van der Waals surface area contributed by atoms with E-state index in [-0.39, 0.29) is 11.8 Å². The van der Waals surface area contributed by atoms with Gasteiger partial charge in [-0.15, -0.1) is 0 Å². The smallest absolute Gasteiger partial charge is 0.225 e. The molecule has 1 aliphatic rings. The summed E-state index contributed by atoms with van der Waals surface area (Å²) in [6.07, 6.45) is 7.69. The van der Waals surface area contributed by atoms with Crippen LogP contribution >= 0.6 is 0 Å². The third kappa shape index (κ3) is 4.99. The van der Waals surface area contributed by atoms with E-state index in [9.17, 15) is 4.79 Å². The van der Waals surface area contributed by atoms with Crippen LogP contribution in [0.25, 0.3) is 0 Å². The fourth-order valence-electron chi connectivity index (χ4n) is 2.69. The lowest BCUT2D eigenvalue weighted by Crippen LogP contribution is -2.43. The van der Waals surface area contributed by atoms with Crippen LogP contribution in [0.15, 0.2) is 18.5 Å². The number of aromatic nitrogens is 2. The van der Waals surface area contributed by atoms with Gasteiger partial charge in [-0.2, -0.15) is 0 Å². The van der Waals surface area contributed by atoms with Crippen molar-refractivity contribution < 1.29 is 4.79 Å². The van der Waals surface area contributed by atoms with Crippen LogP contribution in [0.5, 0.6) is 0 Å². The molecule has 5 nitrogen and oxygen atoms in total. The van der Waals surface area contributed by atoms with Crippen molar-refractivity contribution >= 4 is 11.9 Å². The first-order chi connectivity index (χ1) is 10.2. The molecular formula is C16H26N4O. The monoisotopic (exact) mass is 290 g/mol. The van der Waals surface area contributed by atoms with Gasteiger partial charge in [-0.1, -0.05) is 13.8 Å². The Hall–Kier alpha value is -1.65. The number of anilines is 1. The van der Waals surface area contributed by atoms with Crippen molar-refractivity contribution in [1.29, 1.82) is 0 Å². The third-order valence-corrected chi connectivity index (χ3v) is 3.88. The number of amides is 1. The van der Waals surface area contributed by atoms with Crippen LogP contribution in [-0.2, 0) is 4.79 Å². The van der Waals surface area contributed by atoms with Crippen LogP contribution in [-0.4, -0.2) is 35.5 Å². The van der Waals surface area contributed by atoms with Crippen molar-refractivity contribution in [3.8, 4) is 0 Å². The highest BCUT2D eigenvalue weighted by Crippen LogP contribution is 2.20. The standard InChI is InChI=1S/C16H26N4O/c1-13(2)6-3-8-17-15(21)14-7-4-11-20(12-14)16-18-9-5-10-19-16/h5,9-10,13-14H,3-4,6-8,11-12H2,1-2H3,(H,17,21). The first kappa shape index (κ1) is 15.7. The quantitative estimate of drug-likeness (QED) is 0.816. The predicted octanol–water partition coefficient (Wildman–Crippen LogP) is 2.25. The molecule has 2 rings (SSSR count). The maximum absolute atomic E-state index is 12.2. The number of hydrogen-bond donors (Lipinski definition) is 1. The summed E-state index contributed by atoms with van der Waals surface area (Å²) in [5.41, 5.74) is 0. The van der Waals surface area contributed by atoms with Gasteiger partial charge < -0.3 is 10.2 Å². The van der Waals surface area contributed by atoms with E-state index in [4.69, 9.17) is 0 Å². The second-order valence-electron chi connectivity index (χ2n) is 6.16. The number of carbonyl (C=O) groups excluding carboxylic acids is 1. The molecule has 1 aromatic rings. The van der Waals surface area contributed by atoms with Crippen molar-refractivity contribution in [1.82, 2.24) is 15.3 Å². The lowest BCUT2D eigenvalue weighted by atomic mass is 9.97. The first-order valence-electron chi connectivity index (χ1n) is 7.96. The average molecular weight is 290 g/mol. The van der Waals surface area contributed by atoms with E-state index in [0.29, 0.717) is 5.92 Å². The maximum Gasteiger partial charge on any atom is 0.225 e. The fraction of sp³-hybridized carbons (Fsp3) is 0.688. The van der Waals surface area contributed by atoms with Crippen LogP contribution in [0, 0.1) is 11.8 Å². The lowest BCUT2D eigenvalue weighted by molar-refractivity contribution is -0.125. The summed E-state index contributed by atoms with van der Waals surface area (Å²) in [5.74, 6) is 1.66.